The van der Waals surface area contributed by atoms with E-state index in [0.29, 0.717) is 6.42 Å². The van der Waals surface area contributed by atoms with Gasteiger partial charge in [-0.25, -0.2) is 4.98 Å². The van der Waals surface area contributed by atoms with Crippen molar-refractivity contribution in [2.24, 2.45) is 5.92 Å². The van der Waals surface area contributed by atoms with Crippen LogP contribution in [-0.4, -0.2) is 56.7 Å². The Labute approximate surface area is 204 Å². The highest BCUT2D eigenvalue weighted by molar-refractivity contribution is 8.00. The number of hydrogen-bond acceptors (Lipinski definition) is 5. The number of amides is 1. The minimum atomic E-state index is -4.73. The van der Waals surface area contributed by atoms with Gasteiger partial charge in [-0.15, -0.1) is 0 Å². The standard InChI is InChI=1S/C23H20F6N2O4S/c1-12(22(24,25)26)35-16-7-6-13(20(33)36(2)34)8-15(16)19(32)31-10-14-9-21(14,11-31)17-4-3-5-18(30-17)23(27,28)29/h3-8,12,14H,9-11H2,1-2H3. The van der Waals surface area contributed by atoms with Crippen LogP contribution in [0.5, 0.6) is 5.75 Å². The number of rotatable bonds is 5. The molecule has 1 aliphatic carbocycles. The Morgan fingerprint density at radius 2 is 1.86 bits per heavy atom. The van der Waals surface area contributed by atoms with Crippen molar-refractivity contribution in [1.82, 2.24) is 9.88 Å². The summed E-state index contributed by atoms with van der Waals surface area (Å²) in [5.41, 5.74) is -2.15. The molecule has 6 nitrogen and oxygen atoms in total. The van der Waals surface area contributed by atoms with Gasteiger partial charge in [-0.05, 0) is 49.6 Å². The fourth-order valence-electron chi connectivity index (χ4n) is 4.42. The minimum Gasteiger partial charge on any atom is -0.480 e. The summed E-state index contributed by atoms with van der Waals surface area (Å²) in [6.07, 6.45) is -10.0. The molecule has 36 heavy (non-hydrogen) atoms. The highest BCUT2D eigenvalue weighted by atomic mass is 32.2. The third kappa shape index (κ3) is 4.84. The number of likely N-dealkylation sites (tertiary alicyclic amines) is 1. The number of nitrogens with zero attached hydrogens (tertiary/aromatic N) is 2. The van der Waals surface area contributed by atoms with E-state index in [-0.39, 0.29) is 35.8 Å². The van der Waals surface area contributed by atoms with Crippen LogP contribution in [0, 0.1) is 5.92 Å². The van der Waals surface area contributed by atoms with Gasteiger partial charge in [0, 0.05) is 36.0 Å². The zero-order valence-corrected chi connectivity index (χ0v) is 19.8. The molecule has 0 bridgehead atoms. The van der Waals surface area contributed by atoms with Crippen LogP contribution in [0.3, 0.4) is 0 Å². The first kappa shape index (κ1) is 26.1. The van der Waals surface area contributed by atoms with Crippen LogP contribution in [0.2, 0.25) is 0 Å². The highest BCUT2D eigenvalue weighted by Gasteiger charge is 2.63. The Hall–Kier alpha value is -2.96. The Bertz CT molecular complexity index is 1250. The van der Waals surface area contributed by atoms with Gasteiger partial charge in [0.1, 0.15) is 11.4 Å². The van der Waals surface area contributed by atoms with Gasteiger partial charge >= 0.3 is 12.4 Å². The molecular weight excluding hydrogens is 514 g/mol. The van der Waals surface area contributed by atoms with Gasteiger partial charge in [-0.3, -0.25) is 13.8 Å². The van der Waals surface area contributed by atoms with E-state index in [0.717, 1.165) is 37.4 Å². The Morgan fingerprint density at radius 1 is 1.17 bits per heavy atom. The molecule has 1 aromatic carbocycles. The lowest BCUT2D eigenvalue weighted by molar-refractivity contribution is -0.189. The molecule has 4 unspecified atom stereocenters. The van der Waals surface area contributed by atoms with Gasteiger partial charge in [-0.2, -0.15) is 26.3 Å². The van der Waals surface area contributed by atoms with Crippen molar-refractivity contribution in [1.29, 1.82) is 0 Å². The van der Waals surface area contributed by atoms with Gasteiger partial charge in [0.25, 0.3) is 5.91 Å². The molecule has 0 N–H and O–H groups in total. The van der Waals surface area contributed by atoms with Crippen molar-refractivity contribution in [3.8, 4) is 5.75 Å². The molecule has 13 heteroatoms. The summed E-state index contributed by atoms with van der Waals surface area (Å²) in [6.45, 7) is 0.896. The second-order valence-electron chi connectivity index (χ2n) is 8.90. The van der Waals surface area contributed by atoms with Crippen LogP contribution < -0.4 is 4.74 Å². The van der Waals surface area contributed by atoms with Gasteiger partial charge in [0.05, 0.1) is 16.4 Å². The number of carbonyl (C=O) groups is 2. The van der Waals surface area contributed by atoms with Gasteiger partial charge < -0.3 is 9.64 Å². The topological polar surface area (TPSA) is 76.6 Å². The van der Waals surface area contributed by atoms with E-state index in [2.05, 4.69) is 4.98 Å². The average molecular weight is 534 g/mol. The van der Waals surface area contributed by atoms with E-state index in [1.165, 1.54) is 17.0 Å². The molecular formula is C23H20F6N2O4S. The molecule has 1 saturated carbocycles. The van der Waals surface area contributed by atoms with Gasteiger partial charge in [0.15, 0.2) is 6.10 Å². The first-order valence-corrected chi connectivity index (χ1v) is 12.3. The van der Waals surface area contributed by atoms with Gasteiger partial charge in [-0.1, -0.05) is 6.07 Å². The molecule has 1 saturated heterocycles. The number of alkyl halides is 6. The van der Waals surface area contributed by atoms with Crippen molar-refractivity contribution in [2.75, 3.05) is 19.3 Å². The van der Waals surface area contributed by atoms with E-state index in [1.807, 2.05) is 0 Å². The monoisotopic (exact) mass is 534 g/mol. The van der Waals surface area contributed by atoms with E-state index in [1.54, 1.807) is 0 Å². The lowest BCUT2D eigenvalue weighted by Crippen LogP contribution is -2.35. The zero-order valence-electron chi connectivity index (χ0n) is 18.9. The normalized spacial score (nSPS) is 23.1. The van der Waals surface area contributed by atoms with Crippen LogP contribution in [0.25, 0.3) is 0 Å². The predicted molar refractivity (Wildman–Crippen MR) is 116 cm³/mol. The Morgan fingerprint density at radius 3 is 2.47 bits per heavy atom. The Kier molecular flexibility index (Phi) is 6.42. The number of hydrogen-bond donors (Lipinski definition) is 0. The first-order valence-electron chi connectivity index (χ1n) is 10.7. The molecule has 4 atom stereocenters. The summed E-state index contributed by atoms with van der Waals surface area (Å²) in [5.74, 6) is -1.35. The predicted octanol–water partition coefficient (Wildman–Crippen LogP) is 4.36. The lowest BCUT2D eigenvalue weighted by atomic mass is 10.00. The second-order valence-corrected chi connectivity index (χ2v) is 10.2. The van der Waals surface area contributed by atoms with Gasteiger partial charge in [0.2, 0.25) is 5.12 Å². The fourth-order valence-corrected chi connectivity index (χ4v) is 4.88. The number of carbonyl (C=O) groups excluding carboxylic acids is 2. The number of pyridine rings is 1. The molecule has 1 aliphatic heterocycles. The fraction of sp³-hybridized carbons (Fsp3) is 0.435. The van der Waals surface area contributed by atoms with Crippen LogP contribution in [0.1, 0.15) is 45.4 Å². The molecule has 1 aromatic heterocycles. The molecule has 0 radical (unpaired) electrons. The van der Waals surface area contributed by atoms with Crippen LogP contribution in [0.4, 0.5) is 26.3 Å². The maximum atomic E-state index is 13.4. The molecule has 4 rings (SSSR count). The number of ether oxygens (including phenoxy) is 1. The molecule has 2 fully saturated rings. The van der Waals surface area contributed by atoms with E-state index < -0.39 is 57.1 Å². The quantitative estimate of drug-likeness (QED) is 0.533. The highest BCUT2D eigenvalue weighted by Crippen LogP contribution is 2.59. The molecule has 2 aromatic rings. The Balaban J connectivity index is 1.65. The second kappa shape index (κ2) is 8.86. The lowest BCUT2D eigenvalue weighted by Gasteiger charge is -2.24. The van der Waals surface area contributed by atoms with Crippen molar-refractivity contribution < 1.29 is 44.9 Å². The molecule has 1 amide bonds. The average Bonchev–Trinajstić information content (AvgIpc) is 3.37. The smallest absolute Gasteiger partial charge is 0.433 e. The summed E-state index contributed by atoms with van der Waals surface area (Å²) in [7, 11) is -1.94. The number of halogens is 6. The summed E-state index contributed by atoms with van der Waals surface area (Å²) in [6, 6.07) is 6.73. The van der Waals surface area contributed by atoms with E-state index >= 15 is 0 Å². The maximum absolute atomic E-state index is 13.4. The van der Waals surface area contributed by atoms with Crippen molar-refractivity contribution >= 4 is 21.8 Å². The van der Waals surface area contributed by atoms with Crippen molar-refractivity contribution in [3.63, 3.8) is 0 Å². The molecule has 2 heterocycles. The third-order valence-electron chi connectivity index (χ3n) is 6.45. The molecule has 194 valence electrons. The summed E-state index contributed by atoms with van der Waals surface area (Å²) < 4.78 is 95.3. The minimum absolute atomic E-state index is 0.00302. The number of fused-ring (bicyclic) bond motifs is 1. The SMILES string of the molecule is CC(Oc1ccc(C(=O)S(C)=O)cc1C(=O)N1CC2CC2(c2cccc(C(F)(F)F)n2)C1)C(F)(F)F. The number of piperidine rings is 1. The van der Waals surface area contributed by atoms with E-state index in [9.17, 15) is 40.1 Å². The van der Waals surface area contributed by atoms with E-state index in [4.69, 9.17) is 4.74 Å². The molecule has 2 aliphatic rings. The molecule has 0 spiro atoms. The first-order chi connectivity index (χ1) is 16.6. The summed E-state index contributed by atoms with van der Waals surface area (Å²) in [5, 5.41) is -0.826. The number of benzene rings is 1. The maximum Gasteiger partial charge on any atom is 0.433 e. The largest absolute Gasteiger partial charge is 0.480 e. The zero-order chi connectivity index (χ0) is 26.6. The summed E-state index contributed by atoms with van der Waals surface area (Å²) >= 11 is 0. The van der Waals surface area contributed by atoms with Crippen LogP contribution >= 0.6 is 0 Å². The van der Waals surface area contributed by atoms with Crippen molar-refractivity contribution in [3.05, 3.63) is 58.9 Å². The van der Waals surface area contributed by atoms with Crippen LogP contribution in [-0.2, 0) is 22.4 Å². The third-order valence-corrected chi connectivity index (χ3v) is 7.21. The van der Waals surface area contributed by atoms with Crippen LogP contribution in [0.15, 0.2) is 36.4 Å². The summed E-state index contributed by atoms with van der Waals surface area (Å²) in [4.78, 5) is 30.6. The number of aromatic nitrogens is 1. The van der Waals surface area contributed by atoms with Crippen molar-refractivity contribution in [2.45, 2.75) is 37.2 Å².